The number of para-hydroxylation sites is 4. The average molecular weight is 525 g/mol. The van der Waals surface area contributed by atoms with Crippen LogP contribution in [0.2, 0.25) is 0 Å². The second kappa shape index (κ2) is 11.4. The molecule has 7 rings (SSSR count). The molecule has 0 fully saturated rings. The maximum Gasteiger partial charge on any atom is 0.292 e. The Kier molecular flexibility index (Phi) is 7.23. The maximum atomic E-state index is 6.07. The van der Waals surface area contributed by atoms with Gasteiger partial charge in [0, 0.05) is 29.3 Å². The Morgan fingerprint density at radius 1 is 0.500 bits per heavy atom. The van der Waals surface area contributed by atoms with E-state index in [4.69, 9.17) is 9.47 Å². The minimum Gasteiger partial charge on any atom is -0.435 e. The predicted octanol–water partition coefficient (Wildman–Crippen LogP) is 7.88. The van der Waals surface area contributed by atoms with Crippen molar-refractivity contribution in [1.29, 1.82) is 0 Å². The molecule has 4 heteroatoms. The Morgan fingerprint density at radius 3 is 1.85 bits per heavy atom. The highest BCUT2D eigenvalue weighted by Gasteiger charge is 2.22. The van der Waals surface area contributed by atoms with Gasteiger partial charge in [-0.1, -0.05) is 91.0 Å². The minimum absolute atomic E-state index is 0.529. The first-order chi connectivity index (χ1) is 19.7. The number of benzene rings is 5. The van der Waals surface area contributed by atoms with Crippen molar-refractivity contribution in [2.45, 2.75) is 13.8 Å². The molecule has 0 N–H and O–H groups in total. The third kappa shape index (κ3) is 5.29. The molecule has 0 saturated carbocycles. The standard InChI is InChI=1S/C20H16NO.C16H16NO/c1-3-8-16(9-4-1)19-13-7-10-17-14-21(15-22-20(17)19)18-11-5-2-6-12-18;1-12-6-3-4-9-15(12)17-10-14-8-5-7-13(2)16(14)18-11-17/h1-14H,15H2;3-10H,11H2,1-2H3/q2*+1. The summed E-state index contributed by atoms with van der Waals surface area (Å²) in [5, 5.41) is 0. The van der Waals surface area contributed by atoms with Crippen LogP contribution < -0.4 is 9.47 Å². The molecule has 0 spiro atoms. The zero-order valence-electron chi connectivity index (χ0n) is 22.8. The largest absolute Gasteiger partial charge is 0.435 e. The third-order valence-corrected chi connectivity index (χ3v) is 7.17. The highest BCUT2D eigenvalue weighted by atomic mass is 16.5. The van der Waals surface area contributed by atoms with E-state index >= 15 is 0 Å². The molecule has 0 atom stereocenters. The number of rotatable bonds is 3. The Labute approximate surface area is 235 Å². The first kappa shape index (κ1) is 25.3. The molecular weight excluding hydrogens is 492 g/mol. The zero-order valence-corrected chi connectivity index (χ0v) is 22.8. The van der Waals surface area contributed by atoms with Crippen LogP contribution in [-0.2, 0) is 0 Å². The van der Waals surface area contributed by atoms with Gasteiger partial charge >= 0.3 is 0 Å². The minimum atomic E-state index is 0.529. The van der Waals surface area contributed by atoms with E-state index in [0.717, 1.165) is 33.9 Å². The Balaban J connectivity index is 0.000000148. The highest BCUT2D eigenvalue weighted by Crippen LogP contribution is 2.34. The van der Waals surface area contributed by atoms with Crippen LogP contribution in [0.15, 0.2) is 121 Å². The average Bonchev–Trinajstić information content (AvgIpc) is 3.02. The number of hydrogen-bond donors (Lipinski definition) is 0. The van der Waals surface area contributed by atoms with Crippen LogP contribution in [0.4, 0.5) is 11.4 Å². The molecule has 0 aromatic heterocycles. The first-order valence-electron chi connectivity index (χ1n) is 13.5. The van der Waals surface area contributed by atoms with Gasteiger partial charge in [0.2, 0.25) is 11.4 Å². The van der Waals surface area contributed by atoms with E-state index in [1.165, 1.54) is 22.4 Å². The fourth-order valence-electron chi connectivity index (χ4n) is 5.11. The molecule has 40 heavy (non-hydrogen) atoms. The summed E-state index contributed by atoms with van der Waals surface area (Å²) in [5.74, 6) is 1.96. The molecule has 2 heterocycles. The molecule has 5 aromatic carbocycles. The molecule has 5 aromatic rings. The molecule has 196 valence electrons. The van der Waals surface area contributed by atoms with Crippen molar-refractivity contribution in [3.05, 3.63) is 144 Å². The smallest absolute Gasteiger partial charge is 0.292 e. The van der Waals surface area contributed by atoms with Crippen LogP contribution in [0.1, 0.15) is 22.3 Å². The monoisotopic (exact) mass is 524 g/mol. The highest BCUT2D eigenvalue weighted by molar-refractivity contribution is 5.87. The summed E-state index contributed by atoms with van der Waals surface area (Å²) in [7, 11) is 0. The summed E-state index contributed by atoms with van der Waals surface area (Å²) >= 11 is 0. The van der Waals surface area contributed by atoms with E-state index in [2.05, 4.69) is 132 Å². The van der Waals surface area contributed by atoms with Crippen molar-refractivity contribution in [3.8, 4) is 22.6 Å². The fraction of sp³-hybridized carbons (Fsp3) is 0.111. The van der Waals surface area contributed by atoms with Gasteiger partial charge in [0.25, 0.3) is 13.5 Å². The molecule has 0 saturated heterocycles. The number of fused-ring (bicyclic) bond motifs is 2. The molecule has 2 aliphatic rings. The van der Waals surface area contributed by atoms with E-state index in [9.17, 15) is 0 Å². The molecule has 0 unspecified atom stereocenters. The molecular formula is C36H32N2O2+2. The number of hydrogen-bond acceptors (Lipinski definition) is 2. The van der Waals surface area contributed by atoms with Crippen LogP contribution in [0.25, 0.3) is 11.1 Å². The number of aryl methyl sites for hydroxylation is 2. The van der Waals surface area contributed by atoms with Gasteiger partial charge in [-0.25, -0.2) is 0 Å². The summed E-state index contributed by atoms with van der Waals surface area (Å²) in [4.78, 5) is 0. The van der Waals surface area contributed by atoms with Gasteiger partial charge in [-0.3, -0.25) is 0 Å². The Bertz CT molecular complexity index is 1710. The fourth-order valence-corrected chi connectivity index (χ4v) is 5.11. The lowest BCUT2D eigenvalue weighted by molar-refractivity contribution is -0.476. The lowest BCUT2D eigenvalue weighted by atomic mass is 10.0. The van der Waals surface area contributed by atoms with Crippen molar-refractivity contribution in [2.75, 3.05) is 13.5 Å². The topological polar surface area (TPSA) is 24.5 Å². The molecule has 0 amide bonds. The van der Waals surface area contributed by atoms with E-state index in [0.29, 0.717) is 13.5 Å². The van der Waals surface area contributed by atoms with Gasteiger partial charge in [0.15, 0.2) is 12.4 Å². The van der Waals surface area contributed by atoms with Gasteiger partial charge in [-0.2, -0.15) is 9.15 Å². The third-order valence-electron chi connectivity index (χ3n) is 7.17. The SMILES string of the molecule is C1=[N+](c2ccccc2)COc2c1cccc2-c1ccccc1.Cc1ccccc1[N+]1=Cc2cccc(C)c2OC1. The van der Waals surface area contributed by atoms with Crippen LogP contribution >= 0.6 is 0 Å². The van der Waals surface area contributed by atoms with E-state index in [1.54, 1.807) is 0 Å². The summed E-state index contributed by atoms with van der Waals surface area (Å²) in [5.41, 5.74) is 9.36. The van der Waals surface area contributed by atoms with Crippen LogP contribution in [0.5, 0.6) is 11.5 Å². The van der Waals surface area contributed by atoms with Crippen LogP contribution in [0.3, 0.4) is 0 Å². The van der Waals surface area contributed by atoms with Gasteiger partial charge in [-0.05, 0) is 37.1 Å². The van der Waals surface area contributed by atoms with Gasteiger partial charge < -0.3 is 9.47 Å². The van der Waals surface area contributed by atoms with Crippen LogP contribution in [-0.4, -0.2) is 35.0 Å². The summed E-state index contributed by atoms with van der Waals surface area (Å²) < 4.78 is 16.2. The summed E-state index contributed by atoms with van der Waals surface area (Å²) in [6, 6.07) is 41.5. The lowest BCUT2D eigenvalue weighted by Gasteiger charge is -2.17. The Morgan fingerprint density at radius 2 is 1.07 bits per heavy atom. The van der Waals surface area contributed by atoms with Crippen molar-refractivity contribution in [1.82, 2.24) is 0 Å². The van der Waals surface area contributed by atoms with E-state index < -0.39 is 0 Å². The Hall–Kier alpha value is -4.96. The summed E-state index contributed by atoms with van der Waals surface area (Å²) in [6.45, 7) is 5.30. The van der Waals surface area contributed by atoms with Crippen LogP contribution in [0, 0.1) is 13.8 Å². The molecule has 0 aliphatic carbocycles. The van der Waals surface area contributed by atoms with Crippen molar-refractivity contribution >= 4 is 23.8 Å². The second-order valence-corrected chi connectivity index (χ2v) is 9.95. The predicted molar refractivity (Wildman–Crippen MR) is 162 cm³/mol. The molecule has 2 aliphatic heterocycles. The molecule has 0 bridgehead atoms. The second-order valence-electron chi connectivity index (χ2n) is 9.95. The maximum absolute atomic E-state index is 6.07. The summed E-state index contributed by atoms with van der Waals surface area (Å²) in [6.07, 6.45) is 4.31. The van der Waals surface area contributed by atoms with Gasteiger partial charge in [0.1, 0.15) is 11.5 Å². The molecule has 0 radical (unpaired) electrons. The number of nitrogens with zero attached hydrogens (tertiary/aromatic N) is 2. The van der Waals surface area contributed by atoms with Crippen molar-refractivity contribution < 1.29 is 18.6 Å². The number of ether oxygens (including phenoxy) is 2. The van der Waals surface area contributed by atoms with Gasteiger partial charge in [-0.15, -0.1) is 0 Å². The quantitative estimate of drug-likeness (QED) is 0.224. The lowest BCUT2D eigenvalue weighted by Crippen LogP contribution is -2.21. The van der Waals surface area contributed by atoms with E-state index in [1.807, 2.05) is 24.3 Å². The van der Waals surface area contributed by atoms with Crippen molar-refractivity contribution in [2.24, 2.45) is 0 Å². The normalized spacial score (nSPS) is 13.2. The van der Waals surface area contributed by atoms with Gasteiger partial charge in [0.05, 0.1) is 11.1 Å². The van der Waals surface area contributed by atoms with E-state index in [-0.39, 0.29) is 0 Å². The van der Waals surface area contributed by atoms with Crippen molar-refractivity contribution in [3.63, 3.8) is 0 Å². The first-order valence-corrected chi connectivity index (χ1v) is 13.5. The molecule has 4 nitrogen and oxygen atoms in total. The zero-order chi connectivity index (χ0) is 27.3.